The monoisotopic (exact) mass is 225 g/mol. The Morgan fingerprint density at radius 1 is 1.31 bits per heavy atom. The van der Waals surface area contributed by atoms with E-state index in [-0.39, 0.29) is 17.6 Å². The van der Waals surface area contributed by atoms with Crippen LogP contribution in [0.4, 0.5) is 0 Å². The second kappa shape index (κ2) is 4.36. The maximum Gasteiger partial charge on any atom is 0.223 e. The smallest absolute Gasteiger partial charge is 0.223 e. The highest BCUT2D eigenvalue weighted by atomic mass is 16.3. The SMILES string of the molecule is CC1(C)C(O)CCN1C(=O)CC1CCCC1. The number of carbonyl (C=O) groups excluding carboxylic acids is 1. The molecule has 1 aliphatic carbocycles. The van der Waals surface area contributed by atoms with Crippen LogP contribution in [0.15, 0.2) is 0 Å². The lowest BCUT2D eigenvalue weighted by Crippen LogP contribution is -2.48. The molecule has 3 heteroatoms. The van der Waals surface area contributed by atoms with Gasteiger partial charge >= 0.3 is 0 Å². The van der Waals surface area contributed by atoms with E-state index in [0.717, 1.165) is 13.0 Å². The maximum atomic E-state index is 12.2. The molecule has 1 amide bonds. The minimum Gasteiger partial charge on any atom is -0.391 e. The predicted octanol–water partition coefficient (Wildman–Crippen LogP) is 1.94. The van der Waals surface area contributed by atoms with Crippen molar-refractivity contribution < 1.29 is 9.90 Å². The zero-order chi connectivity index (χ0) is 11.8. The fourth-order valence-electron chi connectivity index (χ4n) is 3.09. The number of hydrogen-bond acceptors (Lipinski definition) is 2. The van der Waals surface area contributed by atoms with Gasteiger partial charge in [-0.2, -0.15) is 0 Å². The summed E-state index contributed by atoms with van der Waals surface area (Å²) in [4.78, 5) is 14.1. The van der Waals surface area contributed by atoms with Crippen LogP contribution in [0.3, 0.4) is 0 Å². The molecule has 1 atom stereocenters. The van der Waals surface area contributed by atoms with Crippen LogP contribution in [0, 0.1) is 5.92 Å². The summed E-state index contributed by atoms with van der Waals surface area (Å²) in [6.45, 7) is 4.66. The molecule has 1 heterocycles. The van der Waals surface area contributed by atoms with Crippen molar-refractivity contribution in [3.05, 3.63) is 0 Å². The Morgan fingerprint density at radius 2 is 1.94 bits per heavy atom. The minimum absolute atomic E-state index is 0.244. The second-order valence-corrected chi connectivity index (χ2v) is 5.86. The van der Waals surface area contributed by atoms with Crippen LogP contribution < -0.4 is 0 Å². The van der Waals surface area contributed by atoms with Crippen LogP contribution in [0.5, 0.6) is 0 Å². The van der Waals surface area contributed by atoms with Gasteiger partial charge in [-0.25, -0.2) is 0 Å². The Kier molecular flexibility index (Phi) is 3.24. The number of rotatable bonds is 2. The molecule has 0 spiro atoms. The van der Waals surface area contributed by atoms with Gasteiger partial charge in [0, 0.05) is 13.0 Å². The number of hydrogen-bond donors (Lipinski definition) is 1. The van der Waals surface area contributed by atoms with Crippen molar-refractivity contribution in [2.75, 3.05) is 6.54 Å². The third-order valence-corrected chi connectivity index (χ3v) is 4.38. The summed E-state index contributed by atoms with van der Waals surface area (Å²) in [6, 6.07) is 0. The van der Waals surface area contributed by atoms with Crippen molar-refractivity contribution in [1.82, 2.24) is 4.90 Å². The number of amides is 1. The molecule has 0 aromatic carbocycles. The van der Waals surface area contributed by atoms with E-state index in [1.54, 1.807) is 0 Å². The number of nitrogens with zero attached hydrogens (tertiary/aromatic N) is 1. The van der Waals surface area contributed by atoms with Crippen molar-refractivity contribution in [1.29, 1.82) is 0 Å². The second-order valence-electron chi connectivity index (χ2n) is 5.86. The largest absolute Gasteiger partial charge is 0.391 e. The van der Waals surface area contributed by atoms with E-state index >= 15 is 0 Å². The highest BCUT2D eigenvalue weighted by Crippen LogP contribution is 2.33. The van der Waals surface area contributed by atoms with E-state index in [1.165, 1.54) is 25.7 Å². The molecular formula is C13H23NO2. The fourth-order valence-corrected chi connectivity index (χ4v) is 3.09. The zero-order valence-electron chi connectivity index (χ0n) is 10.4. The minimum atomic E-state index is -0.365. The molecule has 1 saturated heterocycles. The predicted molar refractivity (Wildman–Crippen MR) is 63.0 cm³/mol. The first-order chi connectivity index (χ1) is 7.51. The lowest BCUT2D eigenvalue weighted by atomic mass is 9.97. The number of aliphatic hydroxyl groups is 1. The molecule has 2 rings (SSSR count). The van der Waals surface area contributed by atoms with Crippen LogP contribution in [0.2, 0.25) is 0 Å². The van der Waals surface area contributed by atoms with Gasteiger partial charge in [-0.1, -0.05) is 12.8 Å². The molecule has 16 heavy (non-hydrogen) atoms. The lowest BCUT2D eigenvalue weighted by Gasteiger charge is -2.34. The van der Waals surface area contributed by atoms with Crippen molar-refractivity contribution in [3.63, 3.8) is 0 Å². The van der Waals surface area contributed by atoms with Gasteiger partial charge in [0.2, 0.25) is 5.91 Å². The van der Waals surface area contributed by atoms with Gasteiger partial charge in [-0.3, -0.25) is 4.79 Å². The Bertz CT molecular complexity index is 269. The van der Waals surface area contributed by atoms with Gasteiger partial charge in [-0.15, -0.1) is 0 Å². The quantitative estimate of drug-likeness (QED) is 0.780. The molecule has 0 aromatic heterocycles. The van der Waals surface area contributed by atoms with Crippen molar-refractivity contribution in [3.8, 4) is 0 Å². The van der Waals surface area contributed by atoms with Gasteiger partial charge in [0.05, 0.1) is 11.6 Å². The molecular weight excluding hydrogens is 202 g/mol. The average Bonchev–Trinajstić information content (AvgIpc) is 2.77. The van der Waals surface area contributed by atoms with E-state index < -0.39 is 0 Å². The van der Waals surface area contributed by atoms with Gasteiger partial charge in [0.25, 0.3) is 0 Å². The molecule has 1 aliphatic heterocycles. The average molecular weight is 225 g/mol. The van der Waals surface area contributed by atoms with Gasteiger partial charge in [0.1, 0.15) is 0 Å². The van der Waals surface area contributed by atoms with Crippen LogP contribution in [-0.2, 0) is 4.79 Å². The molecule has 1 saturated carbocycles. The van der Waals surface area contributed by atoms with Gasteiger partial charge in [0.15, 0.2) is 0 Å². The first-order valence-electron chi connectivity index (χ1n) is 6.50. The highest BCUT2D eigenvalue weighted by Gasteiger charge is 2.42. The summed E-state index contributed by atoms with van der Waals surface area (Å²) in [5, 5.41) is 9.84. The van der Waals surface area contributed by atoms with Crippen molar-refractivity contribution in [2.45, 2.75) is 64.0 Å². The molecule has 3 nitrogen and oxygen atoms in total. The first-order valence-corrected chi connectivity index (χ1v) is 6.50. The van der Waals surface area contributed by atoms with Gasteiger partial charge < -0.3 is 10.0 Å². The van der Waals surface area contributed by atoms with Crippen molar-refractivity contribution >= 4 is 5.91 Å². The van der Waals surface area contributed by atoms with Crippen LogP contribution in [0.1, 0.15) is 52.4 Å². The summed E-state index contributed by atoms with van der Waals surface area (Å²) in [7, 11) is 0. The summed E-state index contributed by atoms with van der Waals surface area (Å²) in [6.07, 6.45) is 6.04. The Hall–Kier alpha value is -0.570. The number of likely N-dealkylation sites (tertiary alicyclic amines) is 1. The number of carbonyl (C=O) groups is 1. The summed E-state index contributed by atoms with van der Waals surface area (Å²) >= 11 is 0. The standard InChI is InChI=1S/C13H23NO2/c1-13(2)11(15)7-8-14(13)12(16)9-10-5-3-4-6-10/h10-11,15H,3-9H2,1-2H3. The van der Waals surface area contributed by atoms with E-state index in [9.17, 15) is 9.90 Å². The molecule has 0 bridgehead atoms. The Labute approximate surface area is 97.8 Å². The maximum absolute atomic E-state index is 12.2. The third kappa shape index (κ3) is 2.10. The van der Waals surface area contributed by atoms with Crippen LogP contribution in [0.25, 0.3) is 0 Å². The summed E-state index contributed by atoms with van der Waals surface area (Å²) < 4.78 is 0. The molecule has 0 aromatic rings. The van der Waals surface area contributed by atoms with Gasteiger partial charge in [-0.05, 0) is 39.0 Å². The molecule has 92 valence electrons. The van der Waals surface area contributed by atoms with E-state index in [2.05, 4.69) is 0 Å². The third-order valence-electron chi connectivity index (χ3n) is 4.38. The first kappa shape index (κ1) is 11.9. The molecule has 2 fully saturated rings. The summed E-state index contributed by atoms with van der Waals surface area (Å²) in [5.74, 6) is 0.842. The molecule has 1 unspecified atom stereocenters. The Balaban J connectivity index is 1.94. The normalized spacial score (nSPS) is 29.9. The lowest BCUT2D eigenvalue weighted by molar-refractivity contribution is -0.137. The highest BCUT2D eigenvalue weighted by molar-refractivity contribution is 5.77. The Morgan fingerprint density at radius 3 is 2.44 bits per heavy atom. The number of aliphatic hydroxyl groups excluding tert-OH is 1. The van der Waals surface area contributed by atoms with E-state index in [0.29, 0.717) is 12.3 Å². The molecule has 2 aliphatic rings. The van der Waals surface area contributed by atoms with Crippen molar-refractivity contribution in [2.24, 2.45) is 5.92 Å². The summed E-state index contributed by atoms with van der Waals surface area (Å²) in [5.41, 5.74) is -0.365. The van der Waals surface area contributed by atoms with Crippen LogP contribution in [-0.4, -0.2) is 34.1 Å². The zero-order valence-corrected chi connectivity index (χ0v) is 10.4. The fraction of sp³-hybridized carbons (Fsp3) is 0.923. The topological polar surface area (TPSA) is 40.5 Å². The van der Waals surface area contributed by atoms with E-state index in [1.807, 2.05) is 18.7 Å². The molecule has 0 radical (unpaired) electrons. The van der Waals surface area contributed by atoms with Crippen LogP contribution >= 0.6 is 0 Å². The molecule has 1 N–H and O–H groups in total. The van der Waals surface area contributed by atoms with E-state index in [4.69, 9.17) is 0 Å².